The standard InChI is InChI=1S/C21H21N3O4/c1-12-2-4-13(5-3-12)20-22-16-11-24(7-6-15(16)21(28)23-20)10-14-8-18(26)19(27)9-17(14)25/h2-5,8-9,25-27H,6-7,10-11H2,1H3,(H,22,23,28). The van der Waals surface area contributed by atoms with Crippen LogP contribution >= 0.6 is 0 Å². The Hall–Kier alpha value is -3.32. The Labute approximate surface area is 161 Å². The number of aromatic nitrogens is 2. The average Bonchev–Trinajstić information content (AvgIpc) is 2.66. The van der Waals surface area contributed by atoms with Gasteiger partial charge in [0, 0.05) is 42.4 Å². The summed E-state index contributed by atoms with van der Waals surface area (Å²) in [7, 11) is 0. The van der Waals surface area contributed by atoms with E-state index in [-0.39, 0.29) is 22.8 Å². The molecule has 0 atom stereocenters. The highest BCUT2D eigenvalue weighted by Gasteiger charge is 2.22. The van der Waals surface area contributed by atoms with Crippen LogP contribution in [-0.2, 0) is 19.5 Å². The van der Waals surface area contributed by atoms with E-state index in [1.165, 1.54) is 6.07 Å². The van der Waals surface area contributed by atoms with Crippen molar-refractivity contribution in [2.45, 2.75) is 26.4 Å². The highest BCUT2D eigenvalue weighted by molar-refractivity contribution is 5.55. The van der Waals surface area contributed by atoms with Gasteiger partial charge in [-0.1, -0.05) is 29.8 Å². The molecule has 2 aromatic carbocycles. The summed E-state index contributed by atoms with van der Waals surface area (Å²) in [6.45, 7) is 3.45. The molecule has 0 saturated carbocycles. The fourth-order valence-corrected chi connectivity index (χ4v) is 3.45. The zero-order valence-electron chi connectivity index (χ0n) is 15.4. The van der Waals surface area contributed by atoms with E-state index < -0.39 is 0 Å². The summed E-state index contributed by atoms with van der Waals surface area (Å²) in [4.78, 5) is 22.1. The zero-order chi connectivity index (χ0) is 19.8. The number of aryl methyl sites for hydroxylation is 1. The van der Waals surface area contributed by atoms with Gasteiger partial charge in [-0.25, -0.2) is 4.98 Å². The first-order chi connectivity index (χ1) is 13.4. The molecule has 3 aromatic rings. The number of aromatic amines is 1. The Balaban J connectivity index is 1.62. The molecule has 0 radical (unpaired) electrons. The van der Waals surface area contributed by atoms with Gasteiger partial charge in [0.15, 0.2) is 11.5 Å². The molecule has 2 heterocycles. The molecule has 144 valence electrons. The number of hydrogen-bond acceptors (Lipinski definition) is 6. The SMILES string of the molecule is Cc1ccc(-c2nc3c(c(=O)[nH]2)CCN(Cc2cc(O)c(O)cc2O)C3)cc1. The molecule has 0 spiro atoms. The lowest BCUT2D eigenvalue weighted by Gasteiger charge is -2.28. The first-order valence-electron chi connectivity index (χ1n) is 9.06. The van der Waals surface area contributed by atoms with E-state index in [1.807, 2.05) is 36.1 Å². The maximum Gasteiger partial charge on any atom is 0.254 e. The number of H-pyrrole nitrogens is 1. The number of hydrogen-bond donors (Lipinski definition) is 4. The van der Waals surface area contributed by atoms with Gasteiger partial charge in [-0.15, -0.1) is 0 Å². The van der Waals surface area contributed by atoms with Crippen LogP contribution in [0.5, 0.6) is 17.2 Å². The van der Waals surface area contributed by atoms with Gasteiger partial charge in [-0.3, -0.25) is 9.69 Å². The van der Waals surface area contributed by atoms with E-state index >= 15 is 0 Å². The lowest BCUT2D eigenvalue weighted by molar-refractivity contribution is 0.237. The van der Waals surface area contributed by atoms with Gasteiger partial charge in [0.2, 0.25) is 0 Å². The number of rotatable bonds is 3. The van der Waals surface area contributed by atoms with Gasteiger partial charge >= 0.3 is 0 Å². The predicted molar refractivity (Wildman–Crippen MR) is 104 cm³/mol. The summed E-state index contributed by atoms with van der Waals surface area (Å²) in [5.74, 6) is -0.182. The van der Waals surface area contributed by atoms with Gasteiger partial charge in [0.05, 0.1) is 5.69 Å². The van der Waals surface area contributed by atoms with Crippen LogP contribution in [0.4, 0.5) is 0 Å². The molecule has 28 heavy (non-hydrogen) atoms. The number of nitrogens with one attached hydrogen (secondary N) is 1. The van der Waals surface area contributed by atoms with Gasteiger partial charge in [0.25, 0.3) is 5.56 Å². The van der Waals surface area contributed by atoms with Crippen molar-refractivity contribution in [1.82, 2.24) is 14.9 Å². The van der Waals surface area contributed by atoms with Gasteiger partial charge in [0.1, 0.15) is 11.6 Å². The summed E-state index contributed by atoms with van der Waals surface area (Å²) in [6, 6.07) is 10.3. The van der Waals surface area contributed by atoms with Crippen molar-refractivity contribution in [2.75, 3.05) is 6.54 Å². The lowest BCUT2D eigenvalue weighted by Crippen LogP contribution is -2.35. The van der Waals surface area contributed by atoms with E-state index in [0.29, 0.717) is 48.7 Å². The predicted octanol–water partition coefficient (Wildman–Crippen LogP) is 2.42. The summed E-state index contributed by atoms with van der Waals surface area (Å²) in [5, 5.41) is 29.2. The number of benzene rings is 2. The minimum Gasteiger partial charge on any atom is -0.507 e. The first-order valence-corrected chi connectivity index (χ1v) is 9.06. The van der Waals surface area contributed by atoms with Crippen LogP contribution < -0.4 is 5.56 Å². The van der Waals surface area contributed by atoms with Gasteiger partial charge in [-0.05, 0) is 19.4 Å². The van der Waals surface area contributed by atoms with E-state index in [0.717, 1.165) is 17.2 Å². The number of fused-ring (bicyclic) bond motifs is 1. The van der Waals surface area contributed by atoms with Crippen LogP contribution in [0.3, 0.4) is 0 Å². The van der Waals surface area contributed by atoms with Crippen molar-refractivity contribution in [3.63, 3.8) is 0 Å². The normalized spacial score (nSPS) is 14.0. The van der Waals surface area contributed by atoms with E-state index in [9.17, 15) is 20.1 Å². The molecule has 0 unspecified atom stereocenters. The summed E-state index contributed by atoms with van der Waals surface area (Å²) >= 11 is 0. The number of aromatic hydroxyl groups is 3. The maximum atomic E-state index is 12.5. The van der Waals surface area contributed by atoms with Crippen molar-refractivity contribution in [2.24, 2.45) is 0 Å². The first kappa shape index (κ1) is 18.1. The highest BCUT2D eigenvalue weighted by atomic mass is 16.3. The number of phenols is 3. The third-order valence-corrected chi connectivity index (χ3v) is 5.05. The Morgan fingerprint density at radius 2 is 1.79 bits per heavy atom. The smallest absolute Gasteiger partial charge is 0.254 e. The van der Waals surface area contributed by atoms with Crippen molar-refractivity contribution in [3.05, 3.63) is 69.1 Å². The minimum atomic E-state index is -0.360. The fourth-order valence-electron chi connectivity index (χ4n) is 3.45. The second kappa shape index (κ2) is 7.01. The average molecular weight is 379 g/mol. The second-order valence-electron chi connectivity index (χ2n) is 7.14. The Morgan fingerprint density at radius 3 is 2.54 bits per heavy atom. The summed E-state index contributed by atoms with van der Waals surface area (Å²) < 4.78 is 0. The molecular weight excluding hydrogens is 358 g/mol. The Kier molecular flexibility index (Phi) is 4.52. The molecule has 1 aromatic heterocycles. The van der Waals surface area contributed by atoms with E-state index in [4.69, 9.17) is 0 Å². The summed E-state index contributed by atoms with van der Waals surface area (Å²) in [5.41, 5.74) is 3.77. The summed E-state index contributed by atoms with van der Waals surface area (Å²) in [6.07, 6.45) is 0.552. The van der Waals surface area contributed by atoms with Gasteiger partial charge in [-0.2, -0.15) is 0 Å². The highest BCUT2D eigenvalue weighted by Crippen LogP contribution is 2.33. The van der Waals surface area contributed by atoms with Crippen LogP contribution in [0, 0.1) is 6.92 Å². The Bertz CT molecular complexity index is 1090. The molecule has 7 nitrogen and oxygen atoms in total. The van der Waals surface area contributed by atoms with E-state index in [1.54, 1.807) is 0 Å². The maximum absolute atomic E-state index is 12.5. The molecule has 0 amide bonds. The monoisotopic (exact) mass is 379 g/mol. The molecule has 4 rings (SSSR count). The van der Waals surface area contributed by atoms with Crippen LogP contribution in [0.2, 0.25) is 0 Å². The quantitative estimate of drug-likeness (QED) is 0.411. The molecular formula is C21H21N3O4. The molecule has 0 aliphatic carbocycles. The second-order valence-corrected chi connectivity index (χ2v) is 7.14. The van der Waals surface area contributed by atoms with Gasteiger partial charge < -0.3 is 20.3 Å². The van der Waals surface area contributed by atoms with Crippen molar-refractivity contribution in [1.29, 1.82) is 0 Å². The van der Waals surface area contributed by atoms with Crippen molar-refractivity contribution in [3.8, 4) is 28.6 Å². The van der Waals surface area contributed by atoms with Crippen molar-refractivity contribution >= 4 is 0 Å². The molecule has 4 N–H and O–H groups in total. The molecule has 1 aliphatic rings. The molecule has 7 heteroatoms. The fraction of sp³-hybridized carbons (Fsp3) is 0.238. The topological polar surface area (TPSA) is 110 Å². The van der Waals surface area contributed by atoms with Crippen LogP contribution in [0.1, 0.15) is 22.4 Å². The lowest BCUT2D eigenvalue weighted by atomic mass is 10.0. The van der Waals surface area contributed by atoms with Crippen LogP contribution in [0.25, 0.3) is 11.4 Å². The Morgan fingerprint density at radius 1 is 1.07 bits per heavy atom. The molecule has 0 saturated heterocycles. The molecule has 0 fully saturated rings. The van der Waals surface area contributed by atoms with Crippen LogP contribution in [0.15, 0.2) is 41.2 Å². The van der Waals surface area contributed by atoms with Crippen molar-refractivity contribution < 1.29 is 15.3 Å². The third-order valence-electron chi connectivity index (χ3n) is 5.05. The molecule has 1 aliphatic heterocycles. The van der Waals surface area contributed by atoms with E-state index in [2.05, 4.69) is 9.97 Å². The largest absolute Gasteiger partial charge is 0.507 e. The molecule has 0 bridgehead atoms. The number of nitrogens with zero attached hydrogens (tertiary/aromatic N) is 2. The minimum absolute atomic E-state index is 0.0830. The zero-order valence-corrected chi connectivity index (χ0v) is 15.4. The number of phenolic OH excluding ortho intramolecular Hbond substituents is 3. The van der Waals surface area contributed by atoms with Crippen LogP contribution in [-0.4, -0.2) is 36.7 Å². The third kappa shape index (κ3) is 3.44.